The summed E-state index contributed by atoms with van der Waals surface area (Å²) in [6.45, 7) is -1.40. The maximum absolute atomic E-state index is 13.2. The Morgan fingerprint density at radius 2 is 1.71 bits per heavy atom. The molecule has 0 saturated carbocycles. The minimum Gasteiger partial charge on any atom is -0.390 e. The second-order valence-corrected chi connectivity index (χ2v) is 4.35. The van der Waals surface area contributed by atoms with Crippen molar-refractivity contribution in [2.75, 3.05) is 6.61 Å². The molecular formula is C9H9Cl4F2NO. The van der Waals surface area contributed by atoms with Gasteiger partial charge in [-0.25, -0.2) is 8.78 Å². The average Bonchev–Trinajstić information content (AvgIpc) is 2.24. The number of halogens is 6. The number of alkyl halides is 2. The van der Waals surface area contributed by atoms with Crippen LogP contribution in [0.1, 0.15) is 11.6 Å². The molecule has 0 amide bonds. The highest BCUT2D eigenvalue weighted by atomic mass is 35.5. The minimum absolute atomic E-state index is 0. The van der Waals surface area contributed by atoms with Gasteiger partial charge < -0.3 is 10.8 Å². The van der Waals surface area contributed by atoms with Crippen LogP contribution in [0, 0.1) is 0 Å². The quantitative estimate of drug-likeness (QED) is 0.832. The van der Waals surface area contributed by atoms with Crippen LogP contribution in [0.15, 0.2) is 12.1 Å². The molecular weight excluding hydrogens is 318 g/mol. The lowest BCUT2D eigenvalue weighted by Crippen LogP contribution is -2.36. The maximum atomic E-state index is 13.2. The fourth-order valence-corrected chi connectivity index (χ4v) is 1.91. The molecule has 0 aliphatic rings. The summed E-state index contributed by atoms with van der Waals surface area (Å²) in [4.78, 5) is 0. The van der Waals surface area contributed by atoms with E-state index in [0.717, 1.165) is 0 Å². The normalized spacial score (nSPS) is 13.1. The Balaban J connectivity index is 0.00000256. The molecule has 0 spiro atoms. The van der Waals surface area contributed by atoms with Gasteiger partial charge in [0.1, 0.15) is 6.61 Å². The van der Waals surface area contributed by atoms with Gasteiger partial charge in [0.05, 0.1) is 16.1 Å². The Hall–Kier alpha value is 0.160. The van der Waals surface area contributed by atoms with Crippen LogP contribution in [0.25, 0.3) is 0 Å². The maximum Gasteiger partial charge on any atom is 0.289 e. The molecule has 1 atom stereocenters. The first kappa shape index (κ1) is 17.2. The van der Waals surface area contributed by atoms with Crippen LogP contribution in [0.2, 0.25) is 15.1 Å². The van der Waals surface area contributed by atoms with E-state index in [1.54, 1.807) is 0 Å². The van der Waals surface area contributed by atoms with Crippen molar-refractivity contribution < 1.29 is 13.9 Å². The fourth-order valence-electron chi connectivity index (χ4n) is 1.14. The van der Waals surface area contributed by atoms with E-state index in [-0.39, 0.29) is 33.0 Å². The zero-order valence-corrected chi connectivity index (χ0v) is 11.3. The van der Waals surface area contributed by atoms with Gasteiger partial charge in [0.15, 0.2) is 0 Å². The Morgan fingerprint density at radius 3 is 2.18 bits per heavy atom. The molecule has 0 heterocycles. The number of benzene rings is 1. The van der Waals surface area contributed by atoms with Crippen molar-refractivity contribution in [3.8, 4) is 0 Å². The highest BCUT2D eigenvalue weighted by Gasteiger charge is 2.39. The molecule has 0 bridgehead atoms. The van der Waals surface area contributed by atoms with Crippen LogP contribution in [-0.2, 0) is 0 Å². The number of rotatable bonds is 3. The van der Waals surface area contributed by atoms with Crippen LogP contribution >= 0.6 is 47.2 Å². The topological polar surface area (TPSA) is 46.2 Å². The molecule has 3 N–H and O–H groups in total. The monoisotopic (exact) mass is 325 g/mol. The average molecular weight is 327 g/mol. The van der Waals surface area contributed by atoms with Crippen molar-refractivity contribution in [3.05, 3.63) is 32.8 Å². The van der Waals surface area contributed by atoms with Gasteiger partial charge in [-0.1, -0.05) is 34.8 Å². The summed E-state index contributed by atoms with van der Waals surface area (Å²) in [6.07, 6.45) is 0. The lowest BCUT2D eigenvalue weighted by molar-refractivity contribution is -0.0711. The Bertz CT molecular complexity index is 403. The lowest BCUT2D eigenvalue weighted by Gasteiger charge is -2.23. The molecule has 0 unspecified atom stereocenters. The summed E-state index contributed by atoms with van der Waals surface area (Å²) >= 11 is 17.1. The van der Waals surface area contributed by atoms with Gasteiger partial charge in [-0.15, -0.1) is 12.4 Å². The zero-order valence-electron chi connectivity index (χ0n) is 8.26. The number of hydrogen-bond donors (Lipinski definition) is 2. The van der Waals surface area contributed by atoms with Gasteiger partial charge in [0.2, 0.25) is 0 Å². The van der Waals surface area contributed by atoms with Crippen LogP contribution in [-0.4, -0.2) is 17.6 Å². The minimum atomic E-state index is -3.52. The van der Waals surface area contributed by atoms with Gasteiger partial charge in [-0.3, -0.25) is 0 Å². The molecule has 1 rings (SSSR count). The van der Waals surface area contributed by atoms with E-state index in [1.165, 1.54) is 12.1 Å². The van der Waals surface area contributed by atoms with E-state index in [4.69, 9.17) is 45.6 Å². The third-order valence-electron chi connectivity index (χ3n) is 2.06. The van der Waals surface area contributed by atoms with Gasteiger partial charge >= 0.3 is 0 Å². The van der Waals surface area contributed by atoms with Gasteiger partial charge in [-0.05, 0) is 12.1 Å². The predicted molar refractivity (Wildman–Crippen MR) is 67.7 cm³/mol. The molecule has 0 aliphatic heterocycles. The second kappa shape index (κ2) is 6.36. The summed E-state index contributed by atoms with van der Waals surface area (Å²) < 4.78 is 26.4. The van der Waals surface area contributed by atoms with Gasteiger partial charge in [0.25, 0.3) is 5.92 Å². The molecule has 2 nitrogen and oxygen atoms in total. The van der Waals surface area contributed by atoms with Crippen LogP contribution in [0.4, 0.5) is 8.78 Å². The zero-order chi connectivity index (χ0) is 12.5. The number of hydrogen-bond acceptors (Lipinski definition) is 2. The molecule has 0 aliphatic carbocycles. The van der Waals surface area contributed by atoms with Crippen molar-refractivity contribution >= 4 is 47.2 Å². The van der Waals surface area contributed by atoms with E-state index in [2.05, 4.69) is 0 Å². The Morgan fingerprint density at radius 1 is 1.24 bits per heavy atom. The van der Waals surface area contributed by atoms with Crippen molar-refractivity contribution in [1.82, 2.24) is 0 Å². The second-order valence-electron chi connectivity index (χ2n) is 3.15. The van der Waals surface area contributed by atoms with Crippen molar-refractivity contribution in [2.45, 2.75) is 12.0 Å². The smallest absolute Gasteiger partial charge is 0.289 e. The first-order valence-corrected chi connectivity index (χ1v) is 5.32. The van der Waals surface area contributed by atoms with Crippen molar-refractivity contribution in [3.63, 3.8) is 0 Å². The van der Waals surface area contributed by atoms with Crippen molar-refractivity contribution in [2.24, 2.45) is 5.73 Å². The van der Waals surface area contributed by atoms with E-state index in [0.29, 0.717) is 0 Å². The molecule has 0 aromatic heterocycles. The Kier molecular flexibility index (Phi) is 6.42. The molecule has 1 aromatic rings. The molecule has 0 fully saturated rings. The summed E-state index contributed by atoms with van der Waals surface area (Å²) in [6, 6.07) is 0.883. The van der Waals surface area contributed by atoms with Crippen LogP contribution in [0.3, 0.4) is 0 Å². The third-order valence-corrected chi connectivity index (χ3v) is 3.20. The van der Waals surface area contributed by atoms with E-state index in [1.807, 2.05) is 0 Å². The fraction of sp³-hybridized carbons (Fsp3) is 0.333. The molecule has 1 aromatic carbocycles. The standard InChI is InChI=1S/C9H8Cl3F2NO.ClH/c10-4-1-2-5(11)7(12)6(4)8(15)9(13,14)3-16;/h1-2,8,16H,3,15H2;1H/t8-;/m0./s1. The highest BCUT2D eigenvalue weighted by molar-refractivity contribution is 6.44. The summed E-state index contributed by atoms with van der Waals surface area (Å²) in [5.74, 6) is -3.52. The van der Waals surface area contributed by atoms with Gasteiger partial charge in [0, 0.05) is 10.6 Å². The largest absolute Gasteiger partial charge is 0.390 e. The van der Waals surface area contributed by atoms with Crippen LogP contribution in [0.5, 0.6) is 0 Å². The molecule has 8 heteroatoms. The van der Waals surface area contributed by atoms with E-state index < -0.39 is 18.6 Å². The van der Waals surface area contributed by atoms with Crippen molar-refractivity contribution in [1.29, 1.82) is 0 Å². The molecule has 0 radical (unpaired) electrons. The molecule has 0 saturated heterocycles. The number of aliphatic hydroxyl groups excluding tert-OH is 1. The molecule has 98 valence electrons. The predicted octanol–water partition coefficient (Wildman–Crippen LogP) is 3.70. The SMILES string of the molecule is Cl.N[C@@H](c1c(Cl)ccc(Cl)c1Cl)C(F)(F)CO. The number of aliphatic hydroxyl groups is 1. The van der Waals surface area contributed by atoms with Gasteiger partial charge in [-0.2, -0.15) is 0 Å². The summed E-state index contributed by atoms with van der Waals surface area (Å²) in [7, 11) is 0. The first-order valence-electron chi connectivity index (χ1n) is 4.19. The summed E-state index contributed by atoms with van der Waals surface area (Å²) in [5, 5.41) is 8.45. The summed E-state index contributed by atoms with van der Waals surface area (Å²) in [5.41, 5.74) is 5.14. The van der Waals surface area contributed by atoms with Crippen LogP contribution < -0.4 is 5.73 Å². The number of nitrogens with two attached hydrogens (primary N) is 1. The highest BCUT2D eigenvalue weighted by Crippen LogP contribution is 2.40. The Labute approximate surface area is 118 Å². The van der Waals surface area contributed by atoms with E-state index >= 15 is 0 Å². The van der Waals surface area contributed by atoms with E-state index in [9.17, 15) is 8.78 Å². The first-order chi connectivity index (χ1) is 7.31. The third kappa shape index (κ3) is 3.56. The lowest BCUT2D eigenvalue weighted by atomic mass is 10.0. The molecule has 17 heavy (non-hydrogen) atoms.